The van der Waals surface area contributed by atoms with Crippen LogP contribution in [0.3, 0.4) is 0 Å². The van der Waals surface area contributed by atoms with Gasteiger partial charge in [0.25, 0.3) is 11.8 Å². The van der Waals surface area contributed by atoms with Gasteiger partial charge in [0, 0.05) is 38.4 Å². The van der Waals surface area contributed by atoms with Crippen molar-refractivity contribution in [1.82, 2.24) is 14.5 Å². The van der Waals surface area contributed by atoms with Crippen LogP contribution in [0, 0.1) is 13.8 Å². The molecule has 0 atom stereocenters. The van der Waals surface area contributed by atoms with Gasteiger partial charge in [-0.1, -0.05) is 18.2 Å². The fourth-order valence-electron chi connectivity index (χ4n) is 4.64. The predicted molar refractivity (Wildman–Crippen MR) is 141 cm³/mol. The second kappa shape index (κ2) is 10.0. The lowest BCUT2D eigenvalue weighted by molar-refractivity contribution is -0.124. The maximum absolute atomic E-state index is 13.1. The number of amides is 2. The third-order valence-electron chi connectivity index (χ3n) is 6.83. The Kier molecular flexibility index (Phi) is 7.19. The molecule has 0 bridgehead atoms. The SMILES string of the molecule is Cc1cccc(NC2=NC3(CCN(S(=O)(=O)CCc4ccc(C(=O)N(C)C)cc4C)CC3)C(=O)N2)c1. The van der Waals surface area contributed by atoms with Crippen molar-refractivity contribution in [1.29, 1.82) is 0 Å². The molecule has 0 aromatic heterocycles. The van der Waals surface area contributed by atoms with E-state index in [2.05, 4.69) is 15.6 Å². The molecule has 1 fully saturated rings. The van der Waals surface area contributed by atoms with Crippen LogP contribution >= 0.6 is 0 Å². The minimum absolute atomic E-state index is 0.0303. The number of guanidine groups is 1. The number of hydrogen-bond donors (Lipinski definition) is 2. The van der Waals surface area contributed by atoms with Crippen molar-refractivity contribution in [2.45, 2.75) is 38.6 Å². The molecule has 2 amide bonds. The summed E-state index contributed by atoms with van der Waals surface area (Å²) in [6.45, 7) is 4.36. The van der Waals surface area contributed by atoms with Gasteiger partial charge in [-0.15, -0.1) is 0 Å². The van der Waals surface area contributed by atoms with Crippen molar-refractivity contribution in [2.24, 2.45) is 4.99 Å². The molecule has 10 heteroatoms. The van der Waals surface area contributed by atoms with Gasteiger partial charge in [-0.3, -0.25) is 14.9 Å². The zero-order chi connectivity index (χ0) is 26.1. The summed E-state index contributed by atoms with van der Waals surface area (Å²) in [5, 5.41) is 5.96. The number of piperidine rings is 1. The Bertz CT molecular complexity index is 1310. The van der Waals surface area contributed by atoms with Gasteiger partial charge in [0.15, 0.2) is 0 Å². The molecule has 2 N–H and O–H groups in total. The molecule has 1 spiro atoms. The summed E-state index contributed by atoms with van der Waals surface area (Å²) in [6.07, 6.45) is 1.02. The molecule has 2 aliphatic rings. The Morgan fingerprint density at radius 1 is 1.14 bits per heavy atom. The molecule has 36 heavy (non-hydrogen) atoms. The van der Waals surface area contributed by atoms with E-state index in [0.29, 0.717) is 30.8 Å². The van der Waals surface area contributed by atoms with Crippen LogP contribution in [0.15, 0.2) is 47.5 Å². The number of rotatable bonds is 6. The maximum atomic E-state index is 13.1. The molecule has 4 rings (SSSR count). The van der Waals surface area contributed by atoms with Crippen molar-refractivity contribution >= 4 is 33.5 Å². The van der Waals surface area contributed by atoms with Gasteiger partial charge in [-0.05, 0) is 74.1 Å². The third kappa shape index (κ3) is 5.44. The Labute approximate surface area is 212 Å². The lowest BCUT2D eigenvalue weighted by Crippen LogP contribution is -2.51. The fourth-order valence-corrected chi connectivity index (χ4v) is 6.12. The molecule has 9 nitrogen and oxygen atoms in total. The second-order valence-electron chi connectivity index (χ2n) is 9.75. The summed E-state index contributed by atoms with van der Waals surface area (Å²) in [5.41, 5.74) is 3.35. The highest BCUT2D eigenvalue weighted by molar-refractivity contribution is 7.89. The zero-order valence-electron chi connectivity index (χ0n) is 21.2. The molecule has 0 radical (unpaired) electrons. The number of anilines is 1. The molecule has 0 saturated carbocycles. The van der Waals surface area contributed by atoms with Gasteiger partial charge in [-0.2, -0.15) is 0 Å². The van der Waals surface area contributed by atoms with E-state index in [1.807, 2.05) is 44.2 Å². The van der Waals surface area contributed by atoms with Gasteiger partial charge >= 0.3 is 0 Å². The Morgan fingerprint density at radius 3 is 2.50 bits per heavy atom. The van der Waals surface area contributed by atoms with E-state index < -0.39 is 15.6 Å². The molecule has 192 valence electrons. The van der Waals surface area contributed by atoms with Crippen LogP contribution in [0.25, 0.3) is 0 Å². The number of nitrogens with one attached hydrogen (secondary N) is 2. The highest BCUT2D eigenvalue weighted by atomic mass is 32.2. The van der Waals surface area contributed by atoms with Crippen LogP contribution in [0.4, 0.5) is 5.69 Å². The van der Waals surface area contributed by atoms with Crippen molar-refractivity contribution in [3.63, 3.8) is 0 Å². The summed E-state index contributed by atoms with van der Waals surface area (Å²) in [4.78, 5) is 31.1. The second-order valence-corrected chi connectivity index (χ2v) is 11.8. The largest absolute Gasteiger partial charge is 0.345 e. The van der Waals surface area contributed by atoms with Crippen LogP contribution in [-0.2, 0) is 21.2 Å². The molecular formula is C26H33N5O4S. The smallest absolute Gasteiger partial charge is 0.254 e. The zero-order valence-corrected chi connectivity index (χ0v) is 22.0. The molecule has 2 aliphatic heterocycles. The van der Waals surface area contributed by atoms with Crippen LogP contribution in [0.5, 0.6) is 0 Å². The minimum atomic E-state index is -3.51. The van der Waals surface area contributed by atoms with Gasteiger partial charge in [0.2, 0.25) is 16.0 Å². The fraction of sp³-hybridized carbons (Fsp3) is 0.423. The Morgan fingerprint density at radius 2 is 1.86 bits per heavy atom. The van der Waals surface area contributed by atoms with Gasteiger partial charge in [-0.25, -0.2) is 17.7 Å². The quantitative estimate of drug-likeness (QED) is 0.618. The molecule has 0 unspecified atom stereocenters. The average Bonchev–Trinajstić information content (AvgIpc) is 3.11. The molecule has 2 aromatic carbocycles. The van der Waals surface area contributed by atoms with E-state index in [0.717, 1.165) is 22.4 Å². The van der Waals surface area contributed by atoms with Crippen molar-refractivity contribution in [3.05, 3.63) is 64.7 Å². The highest BCUT2D eigenvalue weighted by Crippen LogP contribution is 2.31. The molecule has 1 saturated heterocycles. The highest BCUT2D eigenvalue weighted by Gasteiger charge is 2.47. The first-order valence-corrected chi connectivity index (χ1v) is 13.6. The summed E-state index contributed by atoms with van der Waals surface area (Å²) in [6, 6.07) is 13.1. The minimum Gasteiger partial charge on any atom is -0.345 e. The number of aliphatic imine (C=N–C) groups is 1. The van der Waals surface area contributed by atoms with Crippen LogP contribution < -0.4 is 10.6 Å². The Hall–Kier alpha value is -3.24. The van der Waals surface area contributed by atoms with E-state index in [9.17, 15) is 18.0 Å². The number of carbonyl (C=O) groups is 2. The van der Waals surface area contributed by atoms with Gasteiger partial charge < -0.3 is 10.2 Å². The summed E-state index contributed by atoms with van der Waals surface area (Å²) in [5.74, 6) is 0.0823. The molecule has 0 aliphatic carbocycles. The number of aryl methyl sites for hydroxylation is 3. The first kappa shape index (κ1) is 25.8. The normalized spacial score (nSPS) is 17.6. The van der Waals surface area contributed by atoms with Crippen LogP contribution in [-0.4, -0.2) is 73.9 Å². The maximum Gasteiger partial charge on any atom is 0.254 e. The predicted octanol–water partition coefficient (Wildman–Crippen LogP) is 2.31. The molecular weight excluding hydrogens is 478 g/mol. The van der Waals surface area contributed by atoms with Gasteiger partial charge in [0.1, 0.15) is 5.54 Å². The van der Waals surface area contributed by atoms with Crippen molar-refractivity contribution < 1.29 is 18.0 Å². The number of nitrogens with zero attached hydrogens (tertiary/aromatic N) is 3. The van der Waals surface area contributed by atoms with E-state index >= 15 is 0 Å². The topological polar surface area (TPSA) is 111 Å². The molecule has 2 aromatic rings. The number of sulfonamides is 1. The first-order valence-electron chi connectivity index (χ1n) is 12.0. The third-order valence-corrected chi connectivity index (χ3v) is 8.70. The van der Waals surface area contributed by atoms with E-state index in [1.54, 1.807) is 26.2 Å². The lowest BCUT2D eigenvalue weighted by atomic mass is 9.89. The number of benzene rings is 2. The van der Waals surface area contributed by atoms with Gasteiger partial charge in [0.05, 0.1) is 5.75 Å². The standard InChI is InChI=1S/C26H33N5O4S/c1-18-6-5-7-22(16-18)27-25-28-24(33)26(29-25)11-13-31(14-12-26)36(34,35)15-10-20-8-9-21(17-19(20)2)23(32)30(3)4/h5-9,16-17H,10-15H2,1-4H3,(H2,27,28,29,33). The van der Waals surface area contributed by atoms with E-state index in [1.165, 1.54) is 9.21 Å². The number of hydrogen-bond acceptors (Lipinski definition) is 6. The van der Waals surface area contributed by atoms with E-state index in [4.69, 9.17) is 0 Å². The number of carbonyl (C=O) groups excluding carboxylic acids is 2. The van der Waals surface area contributed by atoms with Crippen molar-refractivity contribution in [3.8, 4) is 0 Å². The summed E-state index contributed by atoms with van der Waals surface area (Å²) >= 11 is 0. The molecule has 2 heterocycles. The lowest BCUT2D eigenvalue weighted by Gasteiger charge is -2.34. The van der Waals surface area contributed by atoms with E-state index in [-0.39, 0.29) is 30.7 Å². The van der Waals surface area contributed by atoms with Crippen LogP contribution in [0.1, 0.15) is 39.9 Å². The van der Waals surface area contributed by atoms with Crippen molar-refractivity contribution in [2.75, 3.05) is 38.3 Å². The summed E-state index contributed by atoms with van der Waals surface area (Å²) in [7, 11) is -0.112. The Balaban J connectivity index is 1.37. The average molecular weight is 512 g/mol. The first-order chi connectivity index (χ1) is 17.0. The monoisotopic (exact) mass is 511 g/mol. The van der Waals surface area contributed by atoms with Crippen LogP contribution in [0.2, 0.25) is 0 Å². The summed E-state index contributed by atoms with van der Waals surface area (Å²) < 4.78 is 27.6.